The number of aliphatic carboxylic acids is 1. The number of rotatable bonds is 20. The number of carbonyl (C=O) groups is 2. The van der Waals surface area contributed by atoms with Crippen molar-refractivity contribution in [2.75, 3.05) is 69.7 Å². The Morgan fingerprint density at radius 2 is 1.82 bits per heavy atom. The molecule has 0 bridgehead atoms. The highest BCUT2D eigenvalue weighted by Gasteiger charge is 2.24. The molecule has 0 saturated carbocycles. The summed E-state index contributed by atoms with van der Waals surface area (Å²) in [4.78, 5) is 37.5. The second-order valence-corrected chi connectivity index (χ2v) is 13.5. The van der Waals surface area contributed by atoms with Gasteiger partial charge in [-0.25, -0.2) is 4.98 Å². The monoisotopic (exact) mass is 701 g/mol. The number of aliphatic hydroxyl groups is 2. The van der Waals surface area contributed by atoms with Crippen LogP contribution in [0.1, 0.15) is 43.7 Å². The van der Waals surface area contributed by atoms with E-state index in [0.29, 0.717) is 19.6 Å². The Morgan fingerprint density at radius 3 is 2.51 bits per heavy atom. The predicted octanol–water partition coefficient (Wildman–Crippen LogP) is 1.12. The van der Waals surface area contributed by atoms with Gasteiger partial charge >= 0.3 is 5.97 Å². The molecule has 1 aliphatic rings. The molecule has 1 fully saturated rings. The Labute approximate surface area is 291 Å². The number of nitrogens with zero attached hydrogens (tertiary/aromatic N) is 5. The Bertz CT molecular complexity index is 1520. The fraction of sp³-hybridized carbons (Fsp3) is 0.576. The molecule has 1 amide bonds. The molecular formula is C33H51N9O6S. The number of aromatic nitrogens is 3. The van der Waals surface area contributed by atoms with E-state index in [9.17, 15) is 14.7 Å². The molecule has 2 atom stereocenters. The van der Waals surface area contributed by atoms with Crippen LogP contribution in [0.2, 0.25) is 0 Å². The van der Waals surface area contributed by atoms with Gasteiger partial charge in [0, 0.05) is 76.3 Å². The molecule has 4 rings (SSSR count). The highest BCUT2D eigenvalue weighted by atomic mass is 32.2. The van der Waals surface area contributed by atoms with E-state index >= 15 is 0 Å². The van der Waals surface area contributed by atoms with Gasteiger partial charge in [-0.2, -0.15) is 4.98 Å². The quantitative estimate of drug-likeness (QED) is 0.0649. The fourth-order valence-corrected chi connectivity index (χ4v) is 6.76. The summed E-state index contributed by atoms with van der Waals surface area (Å²) in [7, 11) is 1.69. The first kappa shape index (κ1) is 38.1. The number of aliphatic hydroxyl groups excluding tert-OH is 1. The van der Waals surface area contributed by atoms with Crippen LogP contribution in [-0.4, -0.2) is 128 Å². The minimum atomic E-state index is -1.74. The van der Waals surface area contributed by atoms with Crippen molar-refractivity contribution < 1.29 is 29.6 Å². The topological polar surface area (TPSA) is 217 Å². The summed E-state index contributed by atoms with van der Waals surface area (Å²) >= 11 is 0.924. The number of benzene rings is 1. The number of fused-ring (bicyclic) bond motifs is 1. The number of amides is 1. The van der Waals surface area contributed by atoms with Crippen molar-refractivity contribution in [1.29, 1.82) is 0 Å². The highest BCUT2D eigenvalue weighted by Crippen LogP contribution is 2.27. The largest absolute Gasteiger partial charge is 0.496 e. The van der Waals surface area contributed by atoms with Gasteiger partial charge in [0.05, 0.1) is 25.2 Å². The van der Waals surface area contributed by atoms with Gasteiger partial charge in [-0.3, -0.25) is 19.4 Å². The molecule has 0 aliphatic carbocycles. The lowest BCUT2D eigenvalue weighted by molar-refractivity contribution is -0.138. The highest BCUT2D eigenvalue weighted by molar-refractivity contribution is 8.00. The molecular weight excluding hydrogens is 650 g/mol. The van der Waals surface area contributed by atoms with E-state index in [1.165, 1.54) is 0 Å². The number of thioether (sulfide) groups is 1. The van der Waals surface area contributed by atoms with Crippen molar-refractivity contribution in [1.82, 2.24) is 29.7 Å². The third-order valence-electron chi connectivity index (χ3n) is 8.53. The molecule has 3 heterocycles. The third-order valence-corrected chi connectivity index (χ3v) is 9.88. The normalized spacial score (nSPS) is 15.4. The predicted molar refractivity (Wildman–Crippen MR) is 191 cm³/mol. The smallest absolute Gasteiger partial charge is 0.317 e. The first-order chi connectivity index (χ1) is 23.6. The standard InChI is InChI=1S/C33H51N9O6S/c1-3-4-5-9-37-30-29-25(38-33(35)39-30)8-11-42(29)20-23-7-6-22(17-26(23)48-2)19-41-15-13-40(14-16-41)12-10-36-28(43)18-27(32(46)47)49-21-24(34)31(44)45/h6-8,11,17,24,27,31,44-45H,3-5,9-10,12-16,18-21,34H2,1-2H3,(H,36,43)(H,46,47)(H3,35,37,38,39)/t24-,27-/m0/s1. The minimum absolute atomic E-state index is 0.0123. The van der Waals surface area contributed by atoms with Gasteiger partial charge in [0.2, 0.25) is 11.9 Å². The zero-order chi connectivity index (χ0) is 35.3. The van der Waals surface area contributed by atoms with Gasteiger partial charge in [0.15, 0.2) is 12.1 Å². The van der Waals surface area contributed by atoms with Gasteiger partial charge in [-0.1, -0.05) is 31.9 Å². The summed E-state index contributed by atoms with van der Waals surface area (Å²) in [5.41, 5.74) is 15.5. The van der Waals surface area contributed by atoms with E-state index in [1.807, 2.05) is 12.3 Å². The molecule has 3 aromatic rings. The van der Waals surface area contributed by atoms with Crippen molar-refractivity contribution in [2.24, 2.45) is 5.73 Å². The van der Waals surface area contributed by atoms with Gasteiger partial charge < -0.3 is 46.7 Å². The summed E-state index contributed by atoms with van der Waals surface area (Å²) in [5, 5.41) is 32.8. The van der Waals surface area contributed by atoms with Crippen LogP contribution in [0.5, 0.6) is 5.75 Å². The summed E-state index contributed by atoms with van der Waals surface area (Å²) in [6, 6.07) is 7.33. The van der Waals surface area contributed by atoms with Crippen molar-refractivity contribution in [3.63, 3.8) is 0 Å². The number of carboxylic acids is 1. The van der Waals surface area contributed by atoms with Crippen LogP contribution in [0.25, 0.3) is 11.0 Å². The lowest BCUT2D eigenvalue weighted by Gasteiger charge is -2.34. The average molecular weight is 702 g/mol. The Morgan fingerprint density at radius 1 is 1.06 bits per heavy atom. The fourth-order valence-electron chi connectivity index (χ4n) is 5.72. The second kappa shape index (κ2) is 18.9. The molecule has 15 nitrogen and oxygen atoms in total. The molecule has 1 aromatic carbocycles. The summed E-state index contributed by atoms with van der Waals surface area (Å²) in [5.74, 6) is 0.317. The molecule has 270 valence electrons. The van der Waals surface area contributed by atoms with Gasteiger partial charge in [-0.15, -0.1) is 11.8 Å². The first-order valence-electron chi connectivity index (χ1n) is 16.8. The van der Waals surface area contributed by atoms with E-state index in [2.05, 4.69) is 60.1 Å². The maximum Gasteiger partial charge on any atom is 0.317 e. The van der Waals surface area contributed by atoms with Crippen LogP contribution in [0.4, 0.5) is 11.8 Å². The van der Waals surface area contributed by atoms with Crippen LogP contribution in [0, 0.1) is 0 Å². The van der Waals surface area contributed by atoms with E-state index in [1.54, 1.807) is 7.11 Å². The van der Waals surface area contributed by atoms with E-state index < -0.39 is 23.6 Å². The van der Waals surface area contributed by atoms with Crippen molar-refractivity contribution in [3.05, 3.63) is 41.6 Å². The lowest BCUT2D eigenvalue weighted by atomic mass is 10.1. The number of carbonyl (C=O) groups excluding carboxylic acids is 1. The number of nitrogens with one attached hydrogen (secondary N) is 2. The zero-order valence-electron chi connectivity index (χ0n) is 28.4. The third kappa shape index (κ3) is 11.4. The average Bonchev–Trinajstić information content (AvgIpc) is 3.48. The van der Waals surface area contributed by atoms with Crippen LogP contribution in [-0.2, 0) is 22.7 Å². The summed E-state index contributed by atoms with van der Waals surface area (Å²) < 4.78 is 7.95. The molecule has 0 unspecified atom stereocenters. The number of anilines is 2. The molecule has 0 radical (unpaired) electrons. The van der Waals surface area contributed by atoms with Crippen LogP contribution in [0.3, 0.4) is 0 Å². The number of methoxy groups -OCH3 is 1. The van der Waals surface area contributed by atoms with Gasteiger partial charge in [0.25, 0.3) is 0 Å². The molecule has 49 heavy (non-hydrogen) atoms. The van der Waals surface area contributed by atoms with Crippen molar-refractivity contribution >= 4 is 46.4 Å². The maximum atomic E-state index is 12.4. The number of nitrogen functional groups attached to an aromatic ring is 1. The number of carboxylic acid groups (broad SMARTS) is 1. The van der Waals surface area contributed by atoms with Crippen LogP contribution < -0.4 is 26.8 Å². The molecule has 2 aromatic heterocycles. The minimum Gasteiger partial charge on any atom is -0.496 e. The van der Waals surface area contributed by atoms with Gasteiger partial charge in [-0.05, 0) is 24.1 Å². The Hall–Kier alpha value is -3.67. The number of hydrogen-bond acceptors (Lipinski definition) is 13. The number of ether oxygens (including phenoxy) is 1. The molecule has 0 spiro atoms. The van der Waals surface area contributed by atoms with Crippen molar-refractivity contribution in [3.8, 4) is 5.75 Å². The SMILES string of the molecule is CCCCCNc1nc(N)nc2ccn(Cc3ccc(CN4CCN(CCNC(=O)C[C@H](SC[C@H](N)C(O)O)C(=O)O)CC4)cc3OC)c12. The van der Waals surface area contributed by atoms with E-state index in [-0.39, 0.29) is 24.0 Å². The lowest BCUT2D eigenvalue weighted by Crippen LogP contribution is -2.48. The van der Waals surface area contributed by atoms with Crippen LogP contribution >= 0.6 is 11.8 Å². The number of piperazine rings is 1. The zero-order valence-corrected chi connectivity index (χ0v) is 29.2. The first-order valence-corrected chi connectivity index (χ1v) is 17.8. The van der Waals surface area contributed by atoms with Crippen molar-refractivity contribution in [2.45, 2.75) is 63.3 Å². The molecule has 9 N–H and O–H groups in total. The number of hydrogen-bond donors (Lipinski definition) is 7. The van der Waals surface area contributed by atoms with Gasteiger partial charge in [0.1, 0.15) is 16.5 Å². The molecule has 1 aliphatic heterocycles. The van der Waals surface area contributed by atoms with Crippen LogP contribution in [0.15, 0.2) is 30.5 Å². The summed E-state index contributed by atoms with van der Waals surface area (Å²) in [6.45, 7) is 8.90. The molecule has 16 heteroatoms. The van der Waals surface area contributed by atoms with E-state index in [4.69, 9.17) is 26.4 Å². The Balaban J connectivity index is 1.25. The summed E-state index contributed by atoms with van der Waals surface area (Å²) in [6.07, 6.45) is 3.39. The van der Waals surface area contributed by atoms with E-state index in [0.717, 1.165) is 104 Å². The second-order valence-electron chi connectivity index (χ2n) is 12.3. The number of unbranched alkanes of at least 4 members (excludes halogenated alkanes) is 2. The Kier molecular flexibility index (Phi) is 14.7. The molecule has 1 saturated heterocycles. The number of nitrogens with two attached hydrogens (primary N) is 2. The maximum absolute atomic E-state index is 12.4.